The van der Waals surface area contributed by atoms with Gasteiger partial charge in [-0.2, -0.15) is 0 Å². The Kier molecular flexibility index (Phi) is 3.95. The Balaban J connectivity index is 1.79. The van der Waals surface area contributed by atoms with Gasteiger partial charge in [-0.3, -0.25) is 9.59 Å². The normalized spacial score (nSPS) is 11.1. The molecule has 0 radical (unpaired) electrons. The Hall–Kier alpha value is -2.41. The first-order valence-corrected chi connectivity index (χ1v) is 8.77. The monoisotopic (exact) mass is 389 g/mol. The number of nitrogens with one attached hydrogen (secondary N) is 1. The van der Waals surface area contributed by atoms with Crippen molar-refractivity contribution in [3.05, 3.63) is 74.6 Å². The number of rotatable bonds is 2. The number of benzene rings is 2. The number of hydrogen-bond donors (Lipinski definition) is 1. The standard InChI is InChI=1S/C17H9Cl2N3O2S/c18-10-3-1-9(2-4-10)15(23)21-12-8-20-17-22(16(12)24)13-6-5-11(19)7-14(13)25-17/h1-8H,(H,21,23). The smallest absolute Gasteiger partial charge is 0.282 e. The van der Waals surface area contributed by atoms with Gasteiger partial charge in [0.1, 0.15) is 5.69 Å². The van der Waals surface area contributed by atoms with Crippen molar-refractivity contribution in [3.8, 4) is 0 Å². The number of carbonyl (C=O) groups is 1. The van der Waals surface area contributed by atoms with Crippen LogP contribution in [0.3, 0.4) is 0 Å². The second-order valence-electron chi connectivity index (χ2n) is 5.27. The molecule has 124 valence electrons. The third-order valence-corrected chi connectivity index (χ3v) is 5.15. The van der Waals surface area contributed by atoms with E-state index >= 15 is 0 Å². The van der Waals surface area contributed by atoms with Crippen molar-refractivity contribution in [2.75, 3.05) is 5.32 Å². The van der Waals surface area contributed by atoms with Crippen molar-refractivity contribution in [2.24, 2.45) is 0 Å². The molecule has 5 nitrogen and oxygen atoms in total. The molecular weight excluding hydrogens is 381 g/mol. The molecule has 0 aliphatic rings. The summed E-state index contributed by atoms with van der Waals surface area (Å²) >= 11 is 13.2. The highest BCUT2D eigenvalue weighted by molar-refractivity contribution is 7.23. The third-order valence-electron chi connectivity index (χ3n) is 3.65. The number of halogens is 2. The zero-order valence-corrected chi connectivity index (χ0v) is 14.8. The molecule has 0 saturated carbocycles. The van der Waals surface area contributed by atoms with Crippen LogP contribution < -0.4 is 10.9 Å². The number of fused-ring (bicyclic) bond motifs is 3. The van der Waals surface area contributed by atoms with Crippen LogP contribution in [0.15, 0.2) is 53.5 Å². The van der Waals surface area contributed by atoms with E-state index in [1.54, 1.807) is 42.5 Å². The lowest BCUT2D eigenvalue weighted by Gasteiger charge is -2.05. The zero-order valence-electron chi connectivity index (χ0n) is 12.5. The quantitative estimate of drug-likeness (QED) is 0.549. The maximum atomic E-state index is 12.8. The van der Waals surface area contributed by atoms with Gasteiger partial charge in [0.15, 0.2) is 4.96 Å². The lowest BCUT2D eigenvalue weighted by Crippen LogP contribution is -2.22. The number of carbonyl (C=O) groups excluding carboxylic acids is 1. The van der Waals surface area contributed by atoms with E-state index in [1.165, 1.54) is 21.9 Å². The maximum Gasteiger partial charge on any atom is 0.282 e. The summed E-state index contributed by atoms with van der Waals surface area (Å²) < 4.78 is 2.31. The van der Waals surface area contributed by atoms with Crippen LogP contribution in [0, 0.1) is 0 Å². The number of thiazole rings is 1. The predicted octanol–water partition coefficient (Wildman–Crippen LogP) is 4.47. The first-order chi connectivity index (χ1) is 12.0. The fourth-order valence-electron chi connectivity index (χ4n) is 2.46. The summed E-state index contributed by atoms with van der Waals surface area (Å²) in [5.41, 5.74) is 0.855. The molecule has 1 N–H and O–H groups in total. The van der Waals surface area contributed by atoms with Gasteiger partial charge in [-0.15, -0.1) is 0 Å². The molecule has 8 heteroatoms. The van der Waals surface area contributed by atoms with E-state index in [-0.39, 0.29) is 11.2 Å². The van der Waals surface area contributed by atoms with Gasteiger partial charge in [0.05, 0.1) is 16.4 Å². The number of anilines is 1. The van der Waals surface area contributed by atoms with Gasteiger partial charge >= 0.3 is 0 Å². The molecule has 0 fully saturated rings. The van der Waals surface area contributed by atoms with Crippen molar-refractivity contribution in [1.29, 1.82) is 0 Å². The van der Waals surface area contributed by atoms with E-state index in [2.05, 4.69) is 10.3 Å². The third kappa shape index (κ3) is 2.89. The van der Waals surface area contributed by atoms with E-state index in [4.69, 9.17) is 23.2 Å². The molecule has 4 rings (SSSR count). The molecule has 25 heavy (non-hydrogen) atoms. The van der Waals surface area contributed by atoms with E-state index < -0.39 is 5.91 Å². The van der Waals surface area contributed by atoms with E-state index in [1.807, 2.05) is 0 Å². The number of amides is 1. The average molecular weight is 390 g/mol. The summed E-state index contributed by atoms with van der Waals surface area (Å²) in [4.78, 5) is 29.9. The van der Waals surface area contributed by atoms with Gasteiger partial charge in [0.2, 0.25) is 0 Å². The number of hydrogen-bond acceptors (Lipinski definition) is 4. The number of aromatic nitrogens is 2. The Labute approximate surface area is 155 Å². The summed E-state index contributed by atoms with van der Waals surface area (Å²) in [6.45, 7) is 0. The lowest BCUT2D eigenvalue weighted by atomic mass is 10.2. The first kappa shape index (κ1) is 16.1. The van der Waals surface area contributed by atoms with E-state index in [0.717, 1.165) is 4.70 Å². The van der Waals surface area contributed by atoms with Gasteiger partial charge in [-0.1, -0.05) is 34.5 Å². The highest BCUT2D eigenvalue weighted by Crippen LogP contribution is 2.27. The molecule has 4 aromatic rings. The summed E-state index contributed by atoms with van der Waals surface area (Å²) in [5, 5.41) is 3.72. The van der Waals surface area contributed by atoms with Crippen LogP contribution >= 0.6 is 34.5 Å². The summed E-state index contributed by atoms with van der Waals surface area (Å²) in [6, 6.07) is 11.6. The second-order valence-corrected chi connectivity index (χ2v) is 7.15. The van der Waals surface area contributed by atoms with Crippen LogP contribution in [0.2, 0.25) is 10.0 Å². The molecule has 0 unspecified atom stereocenters. The van der Waals surface area contributed by atoms with Crippen molar-refractivity contribution in [2.45, 2.75) is 0 Å². The Morgan fingerprint density at radius 3 is 2.56 bits per heavy atom. The molecule has 0 bridgehead atoms. The van der Waals surface area contributed by atoms with Crippen LogP contribution in [-0.4, -0.2) is 15.3 Å². The molecule has 0 aliphatic heterocycles. The molecule has 1 amide bonds. The van der Waals surface area contributed by atoms with Gasteiger partial charge in [-0.25, -0.2) is 9.38 Å². The topological polar surface area (TPSA) is 63.5 Å². The van der Waals surface area contributed by atoms with Gasteiger partial charge in [-0.05, 0) is 42.5 Å². The minimum absolute atomic E-state index is 0.104. The molecule has 2 aromatic carbocycles. The van der Waals surface area contributed by atoms with Crippen molar-refractivity contribution < 1.29 is 4.79 Å². The second kappa shape index (κ2) is 6.15. The van der Waals surface area contributed by atoms with Crippen LogP contribution in [0.4, 0.5) is 5.69 Å². The van der Waals surface area contributed by atoms with Crippen LogP contribution in [0.1, 0.15) is 10.4 Å². The molecule has 0 aliphatic carbocycles. The van der Waals surface area contributed by atoms with Gasteiger partial charge in [0, 0.05) is 15.6 Å². The molecule has 0 spiro atoms. The first-order valence-electron chi connectivity index (χ1n) is 7.20. The Morgan fingerprint density at radius 1 is 1.08 bits per heavy atom. The lowest BCUT2D eigenvalue weighted by molar-refractivity contribution is 0.102. The zero-order chi connectivity index (χ0) is 17.6. The Morgan fingerprint density at radius 2 is 1.80 bits per heavy atom. The summed E-state index contributed by atoms with van der Waals surface area (Å²) in [5.74, 6) is -0.405. The molecular formula is C17H9Cl2N3O2S. The Bertz CT molecular complexity index is 1180. The van der Waals surface area contributed by atoms with Crippen molar-refractivity contribution in [3.63, 3.8) is 0 Å². The highest BCUT2D eigenvalue weighted by atomic mass is 35.5. The van der Waals surface area contributed by atoms with Crippen LogP contribution in [-0.2, 0) is 0 Å². The average Bonchev–Trinajstić information content (AvgIpc) is 2.96. The van der Waals surface area contributed by atoms with E-state index in [9.17, 15) is 9.59 Å². The SMILES string of the molecule is O=C(Nc1cnc2sc3cc(Cl)ccc3n2c1=O)c1ccc(Cl)cc1. The fraction of sp³-hybridized carbons (Fsp3) is 0. The summed E-state index contributed by atoms with van der Waals surface area (Å²) in [7, 11) is 0. The largest absolute Gasteiger partial charge is 0.316 e. The minimum Gasteiger partial charge on any atom is -0.316 e. The van der Waals surface area contributed by atoms with E-state index in [0.29, 0.717) is 26.1 Å². The van der Waals surface area contributed by atoms with Crippen LogP contribution in [0.25, 0.3) is 15.2 Å². The number of nitrogens with zero attached hydrogens (tertiary/aromatic N) is 2. The van der Waals surface area contributed by atoms with Gasteiger partial charge < -0.3 is 5.32 Å². The predicted molar refractivity (Wildman–Crippen MR) is 101 cm³/mol. The van der Waals surface area contributed by atoms with Gasteiger partial charge in [0.25, 0.3) is 11.5 Å². The van der Waals surface area contributed by atoms with Crippen molar-refractivity contribution in [1.82, 2.24) is 9.38 Å². The molecule has 2 aromatic heterocycles. The van der Waals surface area contributed by atoms with Crippen molar-refractivity contribution >= 4 is 61.3 Å². The van der Waals surface area contributed by atoms with Crippen LogP contribution in [0.5, 0.6) is 0 Å². The molecule has 2 heterocycles. The molecule has 0 saturated heterocycles. The fourth-order valence-corrected chi connectivity index (χ4v) is 3.85. The molecule has 0 atom stereocenters. The maximum absolute atomic E-state index is 12.8. The summed E-state index contributed by atoms with van der Waals surface area (Å²) in [6.07, 6.45) is 1.36. The minimum atomic E-state index is -0.405. The highest BCUT2D eigenvalue weighted by Gasteiger charge is 2.14.